The fourth-order valence-electron chi connectivity index (χ4n) is 1.86. The predicted molar refractivity (Wildman–Crippen MR) is 82.6 cm³/mol. The molecule has 1 amide bonds. The van der Waals surface area contributed by atoms with Crippen molar-refractivity contribution in [3.63, 3.8) is 0 Å². The lowest BCUT2D eigenvalue weighted by atomic mass is 10.1. The minimum Gasteiger partial charge on any atom is -0.352 e. The Morgan fingerprint density at radius 2 is 2.19 bits per heavy atom. The smallest absolute Gasteiger partial charge is 0.251 e. The molecule has 1 aromatic heterocycles. The van der Waals surface area contributed by atoms with E-state index in [1.807, 2.05) is 24.3 Å². The molecule has 2 rings (SSSR count). The summed E-state index contributed by atoms with van der Waals surface area (Å²) in [7, 11) is 0. The molecule has 0 aliphatic carbocycles. The lowest BCUT2D eigenvalue weighted by molar-refractivity contribution is 0.0954. The first-order chi connectivity index (χ1) is 10.3. The van der Waals surface area contributed by atoms with E-state index in [0.717, 1.165) is 17.5 Å². The summed E-state index contributed by atoms with van der Waals surface area (Å²) in [6, 6.07) is 11.1. The van der Waals surface area contributed by atoms with Crippen molar-refractivity contribution in [3.8, 4) is 11.8 Å². The van der Waals surface area contributed by atoms with Gasteiger partial charge in [0.25, 0.3) is 5.91 Å². The van der Waals surface area contributed by atoms with Gasteiger partial charge < -0.3 is 11.1 Å². The molecule has 3 N–H and O–H groups in total. The molecule has 106 valence electrons. The number of pyridine rings is 1. The average Bonchev–Trinajstić information content (AvgIpc) is 2.54. The second-order valence-electron chi connectivity index (χ2n) is 4.45. The van der Waals surface area contributed by atoms with Gasteiger partial charge in [0.1, 0.15) is 0 Å². The van der Waals surface area contributed by atoms with E-state index in [2.05, 4.69) is 22.1 Å². The number of nitrogens with zero attached hydrogens (tertiary/aromatic N) is 1. The quantitative estimate of drug-likeness (QED) is 0.830. The predicted octanol–water partition coefficient (Wildman–Crippen LogP) is 1.36. The molecule has 1 heterocycles. The number of aromatic nitrogens is 1. The van der Waals surface area contributed by atoms with Gasteiger partial charge in [0.05, 0.1) is 6.54 Å². The molecule has 2 aromatic rings. The van der Waals surface area contributed by atoms with Crippen molar-refractivity contribution in [3.05, 3.63) is 65.5 Å². The number of rotatable bonds is 4. The van der Waals surface area contributed by atoms with Crippen LogP contribution in [0.3, 0.4) is 0 Å². The number of nitrogens with one attached hydrogen (secondary N) is 1. The van der Waals surface area contributed by atoms with Crippen LogP contribution in [0.25, 0.3) is 0 Å². The summed E-state index contributed by atoms with van der Waals surface area (Å²) in [5.41, 5.74) is 7.83. The fourth-order valence-corrected chi connectivity index (χ4v) is 1.86. The fraction of sp³-hybridized carbons (Fsp3) is 0.176. The Hall–Kier alpha value is -2.64. The third kappa shape index (κ3) is 4.75. The minimum absolute atomic E-state index is 0.102. The Morgan fingerprint density at radius 1 is 1.29 bits per heavy atom. The number of carbonyl (C=O) groups is 1. The zero-order valence-electron chi connectivity index (χ0n) is 11.7. The van der Waals surface area contributed by atoms with E-state index in [-0.39, 0.29) is 5.91 Å². The Balaban J connectivity index is 1.91. The molecule has 0 saturated carbocycles. The van der Waals surface area contributed by atoms with E-state index in [4.69, 9.17) is 5.73 Å². The van der Waals surface area contributed by atoms with Gasteiger partial charge in [0.2, 0.25) is 0 Å². The topological polar surface area (TPSA) is 68.0 Å². The van der Waals surface area contributed by atoms with E-state index in [1.54, 1.807) is 24.5 Å². The van der Waals surface area contributed by atoms with E-state index in [1.165, 1.54) is 0 Å². The molecule has 4 heteroatoms. The normalized spacial score (nSPS) is 9.57. The van der Waals surface area contributed by atoms with Crippen molar-refractivity contribution in [1.82, 2.24) is 10.3 Å². The molecule has 4 nitrogen and oxygen atoms in total. The van der Waals surface area contributed by atoms with Gasteiger partial charge in [-0.15, -0.1) is 0 Å². The van der Waals surface area contributed by atoms with Crippen LogP contribution in [-0.2, 0) is 6.42 Å². The summed E-state index contributed by atoms with van der Waals surface area (Å²) in [6.07, 6.45) is 4.29. The van der Waals surface area contributed by atoms with Gasteiger partial charge in [-0.25, -0.2) is 0 Å². The molecular formula is C17H17N3O. The van der Waals surface area contributed by atoms with Gasteiger partial charge in [0, 0.05) is 30.1 Å². The van der Waals surface area contributed by atoms with Gasteiger partial charge in [0.15, 0.2) is 0 Å². The summed E-state index contributed by atoms with van der Waals surface area (Å²) in [5, 5.41) is 2.89. The van der Waals surface area contributed by atoms with Gasteiger partial charge in [-0.2, -0.15) is 0 Å². The molecule has 0 atom stereocenters. The number of hydrogen-bond donors (Lipinski definition) is 2. The van der Waals surface area contributed by atoms with Crippen molar-refractivity contribution >= 4 is 5.91 Å². The molecule has 0 aliphatic rings. The summed E-state index contributed by atoms with van der Waals surface area (Å²) >= 11 is 0. The number of nitrogens with two attached hydrogens (primary N) is 1. The van der Waals surface area contributed by atoms with Crippen molar-refractivity contribution in [2.24, 2.45) is 5.73 Å². The molecule has 0 radical (unpaired) electrons. The minimum atomic E-state index is -0.102. The summed E-state index contributed by atoms with van der Waals surface area (Å²) in [4.78, 5) is 16.1. The Bertz CT molecular complexity index is 656. The number of benzene rings is 1. The Labute approximate surface area is 124 Å². The van der Waals surface area contributed by atoms with E-state index < -0.39 is 0 Å². The SMILES string of the molecule is NCC#Cc1cccc(C(=O)NCCc2cccnc2)c1. The Morgan fingerprint density at radius 3 is 2.95 bits per heavy atom. The molecule has 0 bridgehead atoms. The monoisotopic (exact) mass is 279 g/mol. The van der Waals surface area contributed by atoms with E-state index in [0.29, 0.717) is 18.7 Å². The molecule has 0 spiro atoms. The van der Waals surface area contributed by atoms with Crippen LogP contribution in [0.4, 0.5) is 0 Å². The first kappa shape index (κ1) is 14.8. The molecule has 0 saturated heterocycles. The van der Waals surface area contributed by atoms with Crippen molar-refractivity contribution in [2.45, 2.75) is 6.42 Å². The number of hydrogen-bond acceptors (Lipinski definition) is 3. The third-order valence-electron chi connectivity index (χ3n) is 2.88. The summed E-state index contributed by atoms with van der Waals surface area (Å²) in [6.45, 7) is 0.880. The van der Waals surface area contributed by atoms with Crippen molar-refractivity contribution in [2.75, 3.05) is 13.1 Å². The highest BCUT2D eigenvalue weighted by molar-refractivity contribution is 5.94. The first-order valence-electron chi connectivity index (χ1n) is 6.75. The van der Waals surface area contributed by atoms with Gasteiger partial charge in [-0.3, -0.25) is 9.78 Å². The maximum Gasteiger partial charge on any atom is 0.251 e. The van der Waals surface area contributed by atoms with Crippen LogP contribution >= 0.6 is 0 Å². The van der Waals surface area contributed by atoms with Crippen LogP contribution in [0, 0.1) is 11.8 Å². The van der Waals surface area contributed by atoms with E-state index >= 15 is 0 Å². The lowest BCUT2D eigenvalue weighted by Crippen LogP contribution is -2.25. The van der Waals surface area contributed by atoms with Gasteiger partial charge >= 0.3 is 0 Å². The maximum atomic E-state index is 12.1. The molecular weight excluding hydrogens is 262 g/mol. The first-order valence-corrected chi connectivity index (χ1v) is 6.75. The highest BCUT2D eigenvalue weighted by atomic mass is 16.1. The summed E-state index contributed by atoms with van der Waals surface area (Å²) < 4.78 is 0. The van der Waals surface area contributed by atoms with Crippen molar-refractivity contribution in [1.29, 1.82) is 0 Å². The average molecular weight is 279 g/mol. The molecule has 0 fully saturated rings. The molecule has 0 aliphatic heterocycles. The lowest BCUT2D eigenvalue weighted by Gasteiger charge is -2.05. The second-order valence-corrected chi connectivity index (χ2v) is 4.45. The highest BCUT2D eigenvalue weighted by Gasteiger charge is 2.05. The largest absolute Gasteiger partial charge is 0.352 e. The molecule has 1 aromatic carbocycles. The number of amides is 1. The van der Waals surface area contributed by atoms with Crippen LogP contribution in [-0.4, -0.2) is 24.0 Å². The Kier molecular flexibility index (Phi) is 5.50. The molecule has 21 heavy (non-hydrogen) atoms. The van der Waals surface area contributed by atoms with Gasteiger partial charge in [-0.1, -0.05) is 24.0 Å². The zero-order valence-corrected chi connectivity index (χ0v) is 11.7. The van der Waals surface area contributed by atoms with Crippen molar-refractivity contribution < 1.29 is 4.79 Å². The van der Waals surface area contributed by atoms with E-state index in [9.17, 15) is 4.79 Å². The maximum absolute atomic E-state index is 12.1. The third-order valence-corrected chi connectivity index (χ3v) is 2.88. The van der Waals surface area contributed by atoms with Crippen LogP contribution in [0.2, 0.25) is 0 Å². The van der Waals surface area contributed by atoms with Gasteiger partial charge in [-0.05, 0) is 36.2 Å². The van der Waals surface area contributed by atoms with Crippen LogP contribution < -0.4 is 11.1 Å². The zero-order chi connectivity index (χ0) is 14.9. The standard InChI is InChI=1S/C17H17N3O/c18-9-2-5-14-4-1-7-16(12-14)17(21)20-11-8-15-6-3-10-19-13-15/h1,3-4,6-7,10,12-13H,8-9,11,18H2,(H,20,21). The number of carbonyl (C=O) groups excluding carboxylic acids is 1. The molecule has 0 unspecified atom stereocenters. The van der Waals surface area contributed by atoms with Crippen LogP contribution in [0.1, 0.15) is 21.5 Å². The van der Waals surface area contributed by atoms with Crippen LogP contribution in [0.5, 0.6) is 0 Å². The van der Waals surface area contributed by atoms with Crippen LogP contribution in [0.15, 0.2) is 48.8 Å². The second kappa shape index (κ2) is 7.83. The highest BCUT2D eigenvalue weighted by Crippen LogP contribution is 2.04. The summed E-state index contributed by atoms with van der Waals surface area (Å²) in [5.74, 6) is 5.59.